The van der Waals surface area contributed by atoms with Crippen LogP contribution >= 0.6 is 15.9 Å². The lowest BCUT2D eigenvalue weighted by Gasteiger charge is -2.14. The Morgan fingerprint density at radius 2 is 1.93 bits per heavy atom. The molecule has 6 heteroatoms. The first-order valence-corrected chi connectivity index (χ1v) is 4.49. The molecule has 0 fully saturated rings. The molecule has 1 aromatic carbocycles. The van der Waals surface area contributed by atoms with E-state index in [9.17, 15) is 13.2 Å². The summed E-state index contributed by atoms with van der Waals surface area (Å²) in [6.07, 6.45) is -4.43. The van der Waals surface area contributed by atoms with E-state index in [-0.39, 0.29) is 11.4 Å². The van der Waals surface area contributed by atoms with Crippen LogP contribution in [0.1, 0.15) is 5.56 Å². The van der Waals surface area contributed by atoms with Crippen molar-refractivity contribution in [1.29, 1.82) is 0 Å². The maximum Gasteiger partial charge on any atom is 0.418 e. The van der Waals surface area contributed by atoms with Gasteiger partial charge in [0, 0.05) is 11.5 Å². The number of nitrogens with two attached hydrogens (primary N) is 1. The Bertz CT molecular complexity index is 349. The van der Waals surface area contributed by atoms with Gasteiger partial charge >= 0.3 is 6.18 Å². The average molecular weight is 269 g/mol. The lowest BCUT2D eigenvalue weighted by molar-refractivity contribution is -0.136. The van der Waals surface area contributed by atoms with Gasteiger partial charge in [0.25, 0.3) is 0 Å². The third kappa shape index (κ3) is 2.12. The van der Waals surface area contributed by atoms with Crippen molar-refractivity contribution < 1.29 is 13.2 Å². The minimum atomic E-state index is -4.43. The van der Waals surface area contributed by atoms with E-state index in [1.165, 1.54) is 13.1 Å². The smallest absolute Gasteiger partial charge is 0.397 e. The molecule has 78 valence electrons. The lowest BCUT2D eigenvalue weighted by Crippen LogP contribution is -2.10. The standard InChI is InChI=1S/C8H8BrF3N2/c1-14-6-3-4(9)2-5(7(6)13)8(10,11)12/h2-3,14H,13H2,1H3. The van der Waals surface area contributed by atoms with Crippen LogP contribution in [0.15, 0.2) is 16.6 Å². The SMILES string of the molecule is CNc1cc(Br)cc(C(F)(F)F)c1N. The summed E-state index contributed by atoms with van der Waals surface area (Å²) in [4.78, 5) is 0. The maximum absolute atomic E-state index is 12.4. The van der Waals surface area contributed by atoms with Gasteiger partial charge in [-0.25, -0.2) is 0 Å². The monoisotopic (exact) mass is 268 g/mol. The molecule has 1 rings (SSSR count). The van der Waals surface area contributed by atoms with Crippen molar-refractivity contribution in [1.82, 2.24) is 0 Å². The molecule has 14 heavy (non-hydrogen) atoms. The molecule has 3 N–H and O–H groups in total. The van der Waals surface area contributed by atoms with Crippen molar-refractivity contribution in [3.05, 3.63) is 22.2 Å². The van der Waals surface area contributed by atoms with Gasteiger partial charge in [0.2, 0.25) is 0 Å². The summed E-state index contributed by atoms with van der Waals surface area (Å²) < 4.78 is 37.6. The minimum Gasteiger partial charge on any atom is -0.397 e. The summed E-state index contributed by atoms with van der Waals surface area (Å²) >= 11 is 2.98. The molecule has 0 unspecified atom stereocenters. The quantitative estimate of drug-likeness (QED) is 0.769. The molecule has 0 amide bonds. The van der Waals surface area contributed by atoms with Crippen molar-refractivity contribution >= 4 is 27.3 Å². The molecule has 0 spiro atoms. The number of benzene rings is 1. The highest BCUT2D eigenvalue weighted by atomic mass is 79.9. The summed E-state index contributed by atoms with van der Waals surface area (Å²) in [7, 11) is 1.51. The second-order valence-corrected chi connectivity index (χ2v) is 3.58. The Labute approximate surface area is 87.4 Å². The predicted octanol–water partition coefficient (Wildman–Crippen LogP) is 3.09. The van der Waals surface area contributed by atoms with Crippen LogP contribution in [-0.2, 0) is 6.18 Å². The highest BCUT2D eigenvalue weighted by Crippen LogP contribution is 2.38. The number of hydrogen-bond acceptors (Lipinski definition) is 2. The van der Waals surface area contributed by atoms with Gasteiger partial charge in [-0.05, 0) is 12.1 Å². The molecular weight excluding hydrogens is 261 g/mol. The van der Waals surface area contributed by atoms with Crippen LogP contribution < -0.4 is 11.1 Å². The summed E-state index contributed by atoms with van der Waals surface area (Å²) in [5.41, 5.74) is 4.48. The second-order valence-electron chi connectivity index (χ2n) is 2.66. The third-order valence-electron chi connectivity index (χ3n) is 1.72. The number of nitrogens with one attached hydrogen (secondary N) is 1. The Morgan fingerprint density at radius 1 is 1.36 bits per heavy atom. The Morgan fingerprint density at radius 3 is 2.36 bits per heavy atom. The fourth-order valence-corrected chi connectivity index (χ4v) is 1.52. The molecule has 0 aliphatic heterocycles. The number of hydrogen-bond donors (Lipinski definition) is 2. The van der Waals surface area contributed by atoms with Crippen LogP contribution in [0.2, 0.25) is 0 Å². The molecule has 0 aliphatic rings. The van der Waals surface area contributed by atoms with Gasteiger partial charge in [-0.1, -0.05) is 15.9 Å². The first-order chi connectivity index (χ1) is 6.36. The molecule has 0 atom stereocenters. The van der Waals surface area contributed by atoms with Gasteiger partial charge in [0.1, 0.15) is 0 Å². The lowest BCUT2D eigenvalue weighted by atomic mass is 10.1. The van der Waals surface area contributed by atoms with Crippen molar-refractivity contribution in [2.24, 2.45) is 0 Å². The number of nitrogen functional groups attached to an aromatic ring is 1. The van der Waals surface area contributed by atoms with E-state index in [1.54, 1.807) is 0 Å². The first kappa shape index (κ1) is 11.2. The van der Waals surface area contributed by atoms with Gasteiger partial charge in [0.15, 0.2) is 0 Å². The zero-order valence-corrected chi connectivity index (χ0v) is 8.83. The number of rotatable bonds is 1. The van der Waals surface area contributed by atoms with Crippen LogP contribution in [0.5, 0.6) is 0 Å². The molecule has 0 saturated carbocycles. The van der Waals surface area contributed by atoms with E-state index in [4.69, 9.17) is 5.73 Å². The van der Waals surface area contributed by atoms with Crippen LogP contribution in [0.25, 0.3) is 0 Å². The number of halogens is 4. The van der Waals surface area contributed by atoms with Crippen LogP contribution in [0.3, 0.4) is 0 Å². The molecule has 0 heterocycles. The molecular formula is C8H8BrF3N2. The van der Waals surface area contributed by atoms with Crippen molar-refractivity contribution in [3.8, 4) is 0 Å². The fourth-order valence-electron chi connectivity index (χ4n) is 1.06. The van der Waals surface area contributed by atoms with Crippen LogP contribution in [0.4, 0.5) is 24.5 Å². The number of anilines is 2. The van der Waals surface area contributed by atoms with E-state index in [2.05, 4.69) is 21.2 Å². The Hall–Kier alpha value is -0.910. The van der Waals surface area contributed by atoms with E-state index in [0.29, 0.717) is 4.47 Å². The number of alkyl halides is 3. The predicted molar refractivity (Wildman–Crippen MR) is 53.1 cm³/mol. The Balaban J connectivity index is 3.37. The summed E-state index contributed by atoms with van der Waals surface area (Å²) in [5.74, 6) is 0. The maximum atomic E-state index is 12.4. The normalized spacial score (nSPS) is 11.5. The van der Waals surface area contributed by atoms with Gasteiger partial charge in [-0.3, -0.25) is 0 Å². The fraction of sp³-hybridized carbons (Fsp3) is 0.250. The summed E-state index contributed by atoms with van der Waals surface area (Å²) in [6, 6.07) is 2.45. The highest BCUT2D eigenvalue weighted by molar-refractivity contribution is 9.10. The zero-order chi connectivity index (χ0) is 10.9. The third-order valence-corrected chi connectivity index (χ3v) is 2.18. The highest BCUT2D eigenvalue weighted by Gasteiger charge is 2.34. The van der Waals surface area contributed by atoms with Crippen molar-refractivity contribution in [3.63, 3.8) is 0 Å². The van der Waals surface area contributed by atoms with Crippen molar-refractivity contribution in [2.75, 3.05) is 18.1 Å². The zero-order valence-electron chi connectivity index (χ0n) is 7.24. The molecule has 1 aromatic rings. The topological polar surface area (TPSA) is 38.0 Å². The molecule has 0 aliphatic carbocycles. The molecule has 2 nitrogen and oxygen atoms in total. The molecule has 0 radical (unpaired) electrons. The first-order valence-electron chi connectivity index (χ1n) is 3.70. The van der Waals surface area contributed by atoms with E-state index < -0.39 is 11.7 Å². The molecule has 0 saturated heterocycles. The van der Waals surface area contributed by atoms with Crippen molar-refractivity contribution in [2.45, 2.75) is 6.18 Å². The average Bonchev–Trinajstić information content (AvgIpc) is 2.06. The minimum absolute atomic E-state index is 0.256. The van der Waals surface area contributed by atoms with Gasteiger partial charge < -0.3 is 11.1 Å². The second kappa shape index (κ2) is 3.68. The van der Waals surface area contributed by atoms with Gasteiger partial charge in [-0.2, -0.15) is 13.2 Å². The van der Waals surface area contributed by atoms with E-state index in [1.807, 2.05) is 0 Å². The largest absolute Gasteiger partial charge is 0.418 e. The summed E-state index contributed by atoms with van der Waals surface area (Å²) in [6.45, 7) is 0. The van der Waals surface area contributed by atoms with Gasteiger partial charge in [0.05, 0.1) is 16.9 Å². The molecule has 0 bridgehead atoms. The van der Waals surface area contributed by atoms with E-state index >= 15 is 0 Å². The van der Waals surface area contributed by atoms with Crippen LogP contribution in [0, 0.1) is 0 Å². The van der Waals surface area contributed by atoms with Crippen LogP contribution in [-0.4, -0.2) is 7.05 Å². The van der Waals surface area contributed by atoms with E-state index in [0.717, 1.165) is 6.07 Å². The molecule has 0 aromatic heterocycles. The summed E-state index contributed by atoms with van der Waals surface area (Å²) in [5, 5.41) is 2.59. The van der Waals surface area contributed by atoms with Gasteiger partial charge in [-0.15, -0.1) is 0 Å². The Kier molecular flexibility index (Phi) is 2.94.